The first-order valence-electron chi connectivity index (χ1n) is 5.78. The molecule has 0 radical (unpaired) electrons. The normalized spacial score (nSPS) is 14.7. The average molecular weight is 267 g/mol. The minimum atomic E-state index is -0.734. The molecule has 0 aromatic carbocycles. The Bertz CT molecular complexity index is 519. The van der Waals surface area contributed by atoms with Gasteiger partial charge in [-0.2, -0.15) is 16.3 Å². The maximum absolute atomic E-state index is 6.12. The smallest absolute Gasteiger partial charge is 0.259 e. The van der Waals surface area contributed by atoms with E-state index in [1.54, 1.807) is 11.3 Å². The van der Waals surface area contributed by atoms with Crippen molar-refractivity contribution in [3.05, 3.63) is 22.1 Å². The summed E-state index contributed by atoms with van der Waals surface area (Å²) in [5.74, 6) is 0.980. The van der Waals surface area contributed by atoms with Crippen molar-refractivity contribution >= 4 is 11.3 Å². The molecule has 0 aliphatic heterocycles. The Morgan fingerprint density at radius 3 is 2.89 bits per heavy atom. The first kappa shape index (κ1) is 13.2. The topological polar surface area (TPSA) is 74.2 Å². The minimum Gasteiger partial charge on any atom is -0.379 e. The van der Waals surface area contributed by atoms with Crippen LogP contribution in [0.15, 0.2) is 15.3 Å². The minimum absolute atomic E-state index is 0.366. The van der Waals surface area contributed by atoms with Crippen molar-refractivity contribution in [2.45, 2.75) is 26.3 Å². The number of rotatable bonds is 5. The second-order valence-corrected chi connectivity index (χ2v) is 5.19. The highest BCUT2D eigenvalue weighted by Gasteiger charge is 2.28. The Balaban J connectivity index is 2.23. The van der Waals surface area contributed by atoms with Gasteiger partial charge in [-0.15, -0.1) is 0 Å². The molecule has 2 rings (SSSR count). The number of ether oxygens (including phenoxy) is 1. The molecule has 0 fully saturated rings. The molecule has 2 aromatic rings. The second-order valence-electron chi connectivity index (χ2n) is 4.45. The summed E-state index contributed by atoms with van der Waals surface area (Å²) < 4.78 is 10.6. The van der Waals surface area contributed by atoms with Crippen molar-refractivity contribution in [1.29, 1.82) is 0 Å². The van der Waals surface area contributed by atoms with Gasteiger partial charge >= 0.3 is 0 Å². The molecular weight excluding hydrogens is 250 g/mol. The number of aryl methyl sites for hydroxylation is 1. The molecule has 98 valence electrons. The van der Waals surface area contributed by atoms with Crippen molar-refractivity contribution < 1.29 is 9.26 Å². The Hall–Kier alpha value is -1.24. The van der Waals surface area contributed by atoms with Gasteiger partial charge in [-0.05, 0) is 31.7 Å². The van der Waals surface area contributed by atoms with Crippen LogP contribution in [0, 0.1) is 6.92 Å². The highest BCUT2D eigenvalue weighted by Crippen LogP contribution is 2.26. The van der Waals surface area contributed by atoms with Crippen molar-refractivity contribution in [3.8, 4) is 11.5 Å². The summed E-state index contributed by atoms with van der Waals surface area (Å²) in [4.78, 5) is 4.36. The lowest BCUT2D eigenvalue weighted by Crippen LogP contribution is -2.39. The molecule has 18 heavy (non-hydrogen) atoms. The molecule has 0 saturated heterocycles. The Labute approximate surface area is 110 Å². The van der Waals surface area contributed by atoms with Crippen LogP contribution in [0.1, 0.15) is 25.2 Å². The molecule has 6 heteroatoms. The Morgan fingerprint density at radius 1 is 1.50 bits per heavy atom. The molecule has 0 saturated carbocycles. The van der Waals surface area contributed by atoms with E-state index in [-0.39, 0.29) is 0 Å². The summed E-state index contributed by atoms with van der Waals surface area (Å²) >= 11 is 1.61. The monoisotopic (exact) mass is 267 g/mol. The molecular formula is C12H17N3O2S. The molecule has 0 spiro atoms. The average Bonchev–Trinajstić information content (AvgIpc) is 2.94. The number of hydrogen-bond acceptors (Lipinski definition) is 6. The largest absolute Gasteiger partial charge is 0.379 e. The lowest BCUT2D eigenvalue weighted by molar-refractivity contribution is 0.0962. The van der Waals surface area contributed by atoms with Gasteiger partial charge in [-0.3, -0.25) is 0 Å². The van der Waals surface area contributed by atoms with E-state index >= 15 is 0 Å². The van der Waals surface area contributed by atoms with Crippen molar-refractivity contribution in [2.75, 3.05) is 13.2 Å². The fraction of sp³-hybridized carbons (Fsp3) is 0.500. The van der Waals surface area contributed by atoms with Gasteiger partial charge in [-0.25, -0.2) is 0 Å². The maximum Gasteiger partial charge on any atom is 0.259 e. The van der Waals surface area contributed by atoms with Crippen LogP contribution in [0.3, 0.4) is 0 Å². The van der Waals surface area contributed by atoms with Crippen LogP contribution in [-0.4, -0.2) is 23.4 Å². The molecule has 2 aromatic heterocycles. The van der Waals surface area contributed by atoms with Gasteiger partial charge in [0.15, 0.2) is 5.82 Å². The summed E-state index contributed by atoms with van der Waals surface area (Å²) in [5, 5.41) is 7.98. The summed E-state index contributed by atoms with van der Waals surface area (Å²) in [7, 11) is 0. The van der Waals surface area contributed by atoms with Crippen LogP contribution in [-0.2, 0) is 10.3 Å². The molecule has 0 aliphatic carbocycles. The standard InChI is InChI=1S/C12H17N3O2S/c1-4-16-7-12(3,13)11-14-10(17-15-11)9-6-18-5-8(9)2/h5-6H,4,7,13H2,1-3H3. The fourth-order valence-corrected chi connectivity index (χ4v) is 2.35. The number of nitrogens with zero attached hydrogens (tertiary/aromatic N) is 2. The highest BCUT2D eigenvalue weighted by molar-refractivity contribution is 7.08. The summed E-state index contributed by atoms with van der Waals surface area (Å²) in [5.41, 5.74) is 7.47. The maximum atomic E-state index is 6.12. The van der Waals surface area contributed by atoms with Gasteiger partial charge in [0.1, 0.15) is 5.54 Å². The molecule has 5 nitrogen and oxygen atoms in total. The molecule has 0 bridgehead atoms. The first-order valence-corrected chi connectivity index (χ1v) is 6.73. The van der Waals surface area contributed by atoms with Crippen LogP contribution >= 0.6 is 11.3 Å². The SMILES string of the molecule is CCOCC(C)(N)c1noc(-c2cscc2C)n1. The number of nitrogens with two attached hydrogens (primary N) is 1. The van der Waals surface area contributed by atoms with Crippen LogP contribution in [0.4, 0.5) is 0 Å². The van der Waals surface area contributed by atoms with E-state index in [0.717, 1.165) is 11.1 Å². The van der Waals surface area contributed by atoms with E-state index in [1.807, 2.05) is 31.5 Å². The zero-order chi connectivity index (χ0) is 13.2. The summed E-state index contributed by atoms with van der Waals surface area (Å²) in [6.45, 7) is 6.74. The van der Waals surface area contributed by atoms with Crippen molar-refractivity contribution in [3.63, 3.8) is 0 Å². The molecule has 0 aliphatic rings. The summed E-state index contributed by atoms with van der Waals surface area (Å²) in [6.07, 6.45) is 0. The van der Waals surface area contributed by atoms with Crippen LogP contribution in [0.2, 0.25) is 0 Å². The van der Waals surface area contributed by atoms with E-state index in [4.69, 9.17) is 15.0 Å². The van der Waals surface area contributed by atoms with E-state index in [2.05, 4.69) is 10.1 Å². The predicted molar refractivity (Wildman–Crippen MR) is 70.4 cm³/mol. The van der Waals surface area contributed by atoms with E-state index in [9.17, 15) is 0 Å². The second kappa shape index (κ2) is 5.17. The van der Waals surface area contributed by atoms with Crippen LogP contribution in [0.5, 0.6) is 0 Å². The molecule has 2 heterocycles. The van der Waals surface area contributed by atoms with E-state index in [1.165, 1.54) is 0 Å². The predicted octanol–water partition coefficient (Wildman–Crippen LogP) is 2.32. The Kier molecular flexibility index (Phi) is 3.79. The van der Waals surface area contributed by atoms with Crippen LogP contribution in [0.25, 0.3) is 11.5 Å². The fourth-order valence-electron chi connectivity index (χ4n) is 1.52. The highest BCUT2D eigenvalue weighted by atomic mass is 32.1. The molecule has 2 N–H and O–H groups in total. The molecule has 1 unspecified atom stereocenters. The van der Waals surface area contributed by atoms with Gasteiger partial charge in [0.25, 0.3) is 5.89 Å². The van der Waals surface area contributed by atoms with Gasteiger partial charge < -0.3 is 15.0 Å². The van der Waals surface area contributed by atoms with Gasteiger partial charge in [0.2, 0.25) is 0 Å². The zero-order valence-electron chi connectivity index (χ0n) is 10.8. The van der Waals surface area contributed by atoms with E-state index < -0.39 is 5.54 Å². The van der Waals surface area contributed by atoms with Crippen molar-refractivity contribution in [1.82, 2.24) is 10.1 Å². The third-order valence-corrected chi connectivity index (χ3v) is 3.49. The van der Waals surface area contributed by atoms with Gasteiger partial charge in [0, 0.05) is 12.0 Å². The summed E-state index contributed by atoms with van der Waals surface area (Å²) in [6, 6.07) is 0. The molecule has 1 atom stereocenters. The van der Waals surface area contributed by atoms with Crippen molar-refractivity contribution in [2.24, 2.45) is 5.73 Å². The van der Waals surface area contributed by atoms with Crippen LogP contribution < -0.4 is 5.73 Å². The number of hydrogen-bond donors (Lipinski definition) is 1. The zero-order valence-corrected chi connectivity index (χ0v) is 11.6. The third-order valence-electron chi connectivity index (χ3n) is 2.63. The third kappa shape index (κ3) is 2.60. The van der Waals surface area contributed by atoms with E-state index in [0.29, 0.717) is 24.9 Å². The lowest BCUT2D eigenvalue weighted by atomic mass is 10.1. The first-order chi connectivity index (χ1) is 8.54. The quantitative estimate of drug-likeness (QED) is 0.899. The number of aromatic nitrogens is 2. The Morgan fingerprint density at radius 2 is 2.28 bits per heavy atom. The van der Waals surface area contributed by atoms with Gasteiger partial charge in [-0.1, -0.05) is 5.16 Å². The van der Waals surface area contributed by atoms with Gasteiger partial charge in [0.05, 0.1) is 12.2 Å². The lowest BCUT2D eigenvalue weighted by Gasteiger charge is -2.19. The number of thiophene rings is 1. The molecule has 0 amide bonds.